The summed E-state index contributed by atoms with van der Waals surface area (Å²) in [7, 11) is 1.84. The molecule has 0 aromatic heterocycles. The second-order valence-corrected chi connectivity index (χ2v) is 5.64. The molecule has 3 heteroatoms. The van der Waals surface area contributed by atoms with Crippen LogP contribution in [-0.2, 0) is 12.3 Å². The highest BCUT2D eigenvalue weighted by atomic mass is 32.2. The number of amides is 1. The molecule has 0 aliphatic rings. The van der Waals surface area contributed by atoms with Gasteiger partial charge in [-0.25, -0.2) is 0 Å². The Morgan fingerprint density at radius 2 is 1.65 bits per heavy atom. The zero-order chi connectivity index (χ0) is 14.4. The van der Waals surface area contributed by atoms with Crippen LogP contribution in [0.15, 0.2) is 54.6 Å². The predicted octanol–water partition coefficient (Wildman–Crippen LogP) is 3.82. The summed E-state index contributed by atoms with van der Waals surface area (Å²) in [5.74, 6) is 1.04. The Labute approximate surface area is 124 Å². The van der Waals surface area contributed by atoms with Crippen molar-refractivity contribution in [3.8, 4) is 0 Å². The molecular formula is C17H19NOS. The van der Waals surface area contributed by atoms with Gasteiger partial charge in [0.2, 0.25) is 0 Å². The van der Waals surface area contributed by atoms with Gasteiger partial charge >= 0.3 is 0 Å². The van der Waals surface area contributed by atoms with Gasteiger partial charge in [0.25, 0.3) is 5.91 Å². The van der Waals surface area contributed by atoms with E-state index < -0.39 is 0 Å². The molecule has 104 valence electrons. The molecule has 1 amide bonds. The number of hydrogen-bond donors (Lipinski definition) is 0. The number of carbonyl (C=O) groups excluding carboxylic acids is 1. The monoisotopic (exact) mass is 285 g/mol. The summed E-state index contributed by atoms with van der Waals surface area (Å²) in [6.07, 6.45) is 2.08. The van der Waals surface area contributed by atoms with Gasteiger partial charge in [-0.15, -0.1) is 0 Å². The Morgan fingerprint density at radius 3 is 2.25 bits per heavy atom. The number of carbonyl (C=O) groups is 1. The van der Waals surface area contributed by atoms with E-state index in [-0.39, 0.29) is 5.91 Å². The molecular weight excluding hydrogens is 266 g/mol. The normalized spacial score (nSPS) is 10.3. The number of thioether (sulfide) groups is 1. The van der Waals surface area contributed by atoms with Gasteiger partial charge in [-0.05, 0) is 29.5 Å². The topological polar surface area (TPSA) is 20.3 Å². The summed E-state index contributed by atoms with van der Waals surface area (Å²) in [5, 5.41) is 0. The van der Waals surface area contributed by atoms with Gasteiger partial charge < -0.3 is 4.90 Å². The quantitative estimate of drug-likeness (QED) is 0.832. The van der Waals surface area contributed by atoms with Crippen LogP contribution in [0.4, 0.5) is 0 Å². The first-order valence-electron chi connectivity index (χ1n) is 6.58. The van der Waals surface area contributed by atoms with E-state index in [0.29, 0.717) is 6.54 Å². The van der Waals surface area contributed by atoms with E-state index in [1.807, 2.05) is 61.6 Å². The first-order valence-corrected chi connectivity index (χ1v) is 7.97. The van der Waals surface area contributed by atoms with Crippen LogP contribution >= 0.6 is 11.8 Å². The Bertz CT molecular complexity index is 551. The van der Waals surface area contributed by atoms with E-state index in [0.717, 1.165) is 16.9 Å². The lowest BCUT2D eigenvalue weighted by atomic mass is 10.1. The molecule has 2 rings (SSSR count). The lowest BCUT2D eigenvalue weighted by Gasteiger charge is -2.17. The van der Waals surface area contributed by atoms with Crippen LogP contribution in [0.25, 0.3) is 0 Å². The fourth-order valence-electron chi connectivity index (χ4n) is 2.06. The molecule has 0 aliphatic heterocycles. The molecule has 20 heavy (non-hydrogen) atoms. The zero-order valence-electron chi connectivity index (χ0n) is 11.9. The predicted molar refractivity (Wildman–Crippen MR) is 85.9 cm³/mol. The van der Waals surface area contributed by atoms with E-state index in [4.69, 9.17) is 0 Å². The molecule has 0 fully saturated rings. The number of benzene rings is 2. The highest BCUT2D eigenvalue weighted by Gasteiger charge is 2.11. The van der Waals surface area contributed by atoms with Crippen molar-refractivity contribution in [1.82, 2.24) is 4.90 Å². The van der Waals surface area contributed by atoms with Gasteiger partial charge in [0.1, 0.15) is 0 Å². The molecule has 0 bridgehead atoms. The molecule has 2 aromatic rings. The smallest absolute Gasteiger partial charge is 0.253 e. The molecule has 2 aromatic carbocycles. The Morgan fingerprint density at radius 1 is 1.00 bits per heavy atom. The van der Waals surface area contributed by atoms with Gasteiger partial charge in [-0.3, -0.25) is 4.79 Å². The first-order chi connectivity index (χ1) is 9.70. The molecule has 0 unspecified atom stereocenters. The molecule has 0 heterocycles. The van der Waals surface area contributed by atoms with Crippen LogP contribution in [0, 0.1) is 0 Å². The minimum Gasteiger partial charge on any atom is -0.337 e. The number of nitrogens with zero attached hydrogens (tertiary/aromatic N) is 1. The summed E-state index contributed by atoms with van der Waals surface area (Å²) < 4.78 is 0. The van der Waals surface area contributed by atoms with Crippen molar-refractivity contribution in [3.63, 3.8) is 0 Å². The average molecular weight is 285 g/mol. The van der Waals surface area contributed by atoms with Crippen LogP contribution in [0.3, 0.4) is 0 Å². The average Bonchev–Trinajstić information content (AvgIpc) is 2.48. The number of hydrogen-bond acceptors (Lipinski definition) is 2. The van der Waals surface area contributed by atoms with Crippen molar-refractivity contribution in [1.29, 1.82) is 0 Å². The van der Waals surface area contributed by atoms with Gasteiger partial charge in [-0.2, -0.15) is 11.8 Å². The number of rotatable bonds is 5. The minimum atomic E-state index is 0.0598. The molecule has 0 saturated carbocycles. The SMILES string of the molecule is CSCc1ccc(C(=O)N(C)Cc2ccccc2)cc1. The Balaban J connectivity index is 2.03. The van der Waals surface area contributed by atoms with E-state index in [2.05, 4.69) is 6.26 Å². The second-order valence-electron chi connectivity index (χ2n) is 4.78. The zero-order valence-corrected chi connectivity index (χ0v) is 12.7. The third-order valence-electron chi connectivity index (χ3n) is 3.12. The summed E-state index contributed by atoms with van der Waals surface area (Å²) in [6, 6.07) is 17.9. The molecule has 0 atom stereocenters. The van der Waals surface area contributed by atoms with Gasteiger partial charge in [0.15, 0.2) is 0 Å². The highest BCUT2D eigenvalue weighted by molar-refractivity contribution is 7.97. The van der Waals surface area contributed by atoms with E-state index in [1.165, 1.54) is 5.56 Å². The Hall–Kier alpha value is -1.74. The molecule has 0 spiro atoms. The van der Waals surface area contributed by atoms with E-state index in [9.17, 15) is 4.79 Å². The standard InChI is InChI=1S/C17H19NOS/c1-18(12-14-6-4-3-5-7-14)17(19)16-10-8-15(9-11-16)13-20-2/h3-11H,12-13H2,1-2H3. The maximum Gasteiger partial charge on any atom is 0.253 e. The highest BCUT2D eigenvalue weighted by Crippen LogP contribution is 2.13. The van der Waals surface area contributed by atoms with Gasteiger partial charge in [0, 0.05) is 24.9 Å². The lowest BCUT2D eigenvalue weighted by molar-refractivity contribution is 0.0785. The maximum absolute atomic E-state index is 12.3. The van der Waals surface area contributed by atoms with E-state index >= 15 is 0 Å². The van der Waals surface area contributed by atoms with Gasteiger partial charge in [-0.1, -0.05) is 42.5 Å². The summed E-state index contributed by atoms with van der Waals surface area (Å²) >= 11 is 1.78. The van der Waals surface area contributed by atoms with Crippen molar-refractivity contribution >= 4 is 17.7 Å². The summed E-state index contributed by atoms with van der Waals surface area (Å²) in [4.78, 5) is 14.1. The maximum atomic E-state index is 12.3. The minimum absolute atomic E-state index is 0.0598. The first kappa shape index (κ1) is 14.7. The fourth-order valence-corrected chi connectivity index (χ4v) is 2.59. The summed E-state index contributed by atoms with van der Waals surface area (Å²) in [6.45, 7) is 0.631. The van der Waals surface area contributed by atoms with Gasteiger partial charge in [0.05, 0.1) is 0 Å². The van der Waals surface area contributed by atoms with Crippen LogP contribution < -0.4 is 0 Å². The largest absolute Gasteiger partial charge is 0.337 e. The lowest BCUT2D eigenvalue weighted by Crippen LogP contribution is -2.26. The van der Waals surface area contributed by atoms with Crippen LogP contribution in [0.1, 0.15) is 21.5 Å². The van der Waals surface area contributed by atoms with Crippen LogP contribution in [0.5, 0.6) is 0 Å². The van der Waals surface area contributed by atoms with Crippen LogP contribution in [-0.4, -0.2) is 24.1 Å². The third-order valence-corrected chi connectivity index (χ3v) is 3.74. The molecule has 0 saturated heterocycles. The van der Waals surface area contributed by atoms with Crippen molar-refractivity contribution < 1.29 is 4.79 Å². The van der Waals surface area contributed by atoms with Crippen molar-refractivity contribution in [3.05, 3.63) is 71.3 Å². The molecule has 0 aliphatic carbocycles. The van der Waals surface area contributed by atoms with Crippen molar-refractivity contribution in [2.45, 2.75) is 12.3 Å². The van der Waals surface area contributed by atoms with E-state index in [1.54, 1.807) is 16.7 Å². The Kier molecular flexibility index (Phi) is 5.24. The van der Waals surface area contributed by atoms with Crippen molar-refractivity contribution in [2.24, 2.45) is 0 Å². The molecule has 0 radical (unpaired) electrons. The third kappa shape index (κ3) is 3.87. The van der Waals surface area contributed by atoms with Crippen LogP contribution in [0.2, 0.25) is 0 Å². The second kappa shape index (κ2) is 7.15. The molecule has 0 N–H and O–H groups in total. The van der Waals surface area contributed by atoms with Crippen molar-refractivity contribution in [2.75, 3.05) is 13.3 Å². The summed E-state index contributed by atoms with van der Waals surface area (Å²) in [5.41, 5.74) is 3.13. The fraction of sp³-hybridized carbons (Fsp3) is 0.235. The molecule has 2 nitrogen and oxygen atoms in total.